The van der Waals surface area contributed by atoms with E-state index in [0.29, 0.717) is 17.7 Å². The summed E-state index contributed by atoms with van der Waals surface area (Å²) in [4.78, 5) is 35.4. The number of alkyl halides is 3. The van der Waals surface area contributed by atoms with E-state index in [1.54, 1.807) is 0 Å². The van der Waals surface area contributed by atoms with Gasteiger partial charge in [-0.3, -0.25) is 0 Å². The van der Waals surface area contributed by atoms with Crippen LogP contribution in [-0.2, 0) is 40.6 Å². The van der Waals surface area contributed by atoms with Crippen molar-refractivity contribution in [1.82, 2.24) is 4.72 Å². The Labute approximate surface area is 225 Å². The van der Waals surface area contributed by atoms with Crippen LogP contribution in [0.15, 0.2) is 52.5 Å². The van der Waals surface area contributed by atoms with Gasteiger partial charge >= 0.3 is 18.1 Å². The fraction of sp³-hybridized carbons (Fsp3) is 0.318. The molecule has 0 saturated carbocycles. The Morgan fingerprint density at radius 3 is 2.33 bits per heavy atom. The highest BCUT2D eigenvalue weighted by molar-refractivity contribution is 7.89. The van der Waals surface area contributed by atoms with Gasteiger partial charge in [0.25, 0.3) is 0 Å². The van der Waals surface area contributed by atoms with E-state index in [0.717, 1.165) is 0 Å². The zero-order chi connectivity index (χ0) is 29.2. The lowest BCUT2D eigenvalue weighted by atomic mass is 10.1. The van der Waals surface area contributed by atoms with E-state index in [4.69, 9.17) is 32.6 Å². The topological polar surface area (TPSA) is 182 Å². The first-order valence-electron chi connectivity index (χ1n) is 10.9. The quantitative estimate of drug-likeness (QED) is 0.108. The molecule has 0 aromatic heterocycles. The van der Waals surface area contributed by atoms with Crippen molar-refractivity contribution >= 4 is 39.5 Å². The van der Waals surface area contributed by atoms with Gasteiger partial charge in [-0.2, -0.15) is 17.9 Å². The molecular weight excluding hydrogens is 573 g/mol. The van der Waals surface area contributed by atoms with Gasteiger partial charge < -0.3 is 21.0 Å². The molecule has 0 aliphatic heterocycles. The molecule has 0 fully saturated rings. The van der Waals surface area contributed by atoms with Gasteiger partial charge in [0.2, 0.25) is 16.0 Å². The number of nitrogens with two attached hydrogens (primary N) is 2. The average Bonchev–Trinajstić information content (AvgIpc) is 2.83. The number of guanidine groups is 1. The van der Waals surface area contributed by atoms with Gasteiger partial charge in [0.1, 0.15) is 23.3 Å². The lowest BCUT2D eigenvalue weighted by Gasteiger charge is -2.18. The van der Waals surface area contributed by atoms with E-state index in [1.807, 2.05) is 4.72 Å². The number of ether oxygens (including phenoxy) is 1. The molecule has 2 rings (SSSR count). The average molecular weight is 597 g/mol. The zero-order valence-electron chi connectivity index (χ0n) is 20.2. The predicted octanol–water partition coefficient (Wildman–Crippen LogP) is 2.08. The zero-order valence-corrected chi connectivity index (χ0v) is 21.8. The van der Waals surface area contributed by atoms with Crippen molar-refractivity contribution in [3.8, 4) is 5.75 Å². The number of aryl methyl sites for hydroxylation is 1. The summed E-state index contributed by atoms with van der Waals surface area (Å²) in [5, 5.41) is 3.19. The van der Waals surface area contributed by atoms with Crippen molar-refractivity contribution in [2.75, 3.05) is 13.2 Å². The number of sulfonamides is 1. The Balaban J connectivity index is 2.15. The van der Waals surface area contributed by atoms with Crippen molar-refractivity contribution in [2.24, 2.45) is 16.6 Å². The van der Waals surface area contributed by atoms with E-state index in [2.05, 4.69) is 14.9 Å². The minimum atomic E-state index is -5.45. The van der Waals surface area contributed by atoms with Gasteiger partial charge in [0.05, 0.1) is 11.6 Å². The highest BCUT2D eigenvalue weighted by atomic mass is 35.5. The highest BCUT2D eigenvalue weighted by Crippen LogP contribution is 2.25. The van der Waals surface area contributed by atoms with Gasteiger partial charge in [0, 0.05) is 6.42 Å². The van der Waals surface area contributed by atoms with E-state index in [1.165, 1.54) is 49.4 Å². The van der Waals surface area contributed by atoms with E-state index < -0.39 is 40.6 Å². The van der Waals surface area contributed by atoms with E-state index in [9.17, 15) is 31.2 Å². The molecule has 5 N–H and O–H groups in total. The molecule has 2 aromatic carbocycles. The molecule has 0 unspecified atom stereocenters. The predicted molar refractivity (Wildman–Crippen MR) is 131 cm³/mol. The first kappa shape index (κ1) is 31.5. The smallest absolute Gasteiger partial charge is 0.493 e. The van der Waals surface area contributed by atoms with Crippen LogP contribution in [-0.4, -0.2) is 51.7 Å². The molecule has 0 spiro atoms. The summed E-state index contributed by atoms with van der Waals surface area (Å²) in [5.74, 6) is -4.23. The summed E-state index contributed by atoms with van der Waals surface area (Å²) in [5.41, 5.74) is 10.8. The number of halogens is 4. The third-order valence-corrected chi connectivity index (χ3v) is 6.73. The van der Waals surface area contributed by atoms with Crippen LogP contribution in [0.3, 0.4) is 0 Å². The Morgan fingerprint density at radius 2 is 1.74 bits per heavy atom. The molecule has 0 radical (unpaired) electrons. The van der Waals surface area contributed by atoms with Gasteiger partial charge in [-0.1, -0.05) is 35.9 Å². The van der Waals surface area contributed by atoms with Crippen molar-refractivity contribution in [1.29, 1.82) is 0 Å². The Morgan fingerprint density at radius 1 is 1.08 bits per heavy atom. The van der Waals surface area contributed by atoms with Crippen LogP contribution >= 0.6 is 11.6 Å². The summed E-state index contributed by atoms with van der Waals surface area (Å²) in [7, 11) is -4.49. The van der Waals surface area contributed by atoms with Crippen LogP contribution in [0.1, 0.15) is 17.5 Å². The molecule has 12 nitrogen and oxygen atoms in total. The summed E-state index contributed by atoms with van der Waals surface area (Å²) < 4.78 is 70.9. The molecule has 0 aliphatic carbocycles. The number of carbonyl (C=O) groups is 2. The monoisotopic (exact) mass is 596 g/mol. The third-order valence-electron chi connectivity index (χ3n) is 4.63. The molecule has 214 valence electrons. The van der Waals surface area contributed by atoms with Crippen LogP contribution in [0.4, 0.5) is 13.2 Å². The number of nitrogens with zero attached hydrogens (tertiary/aromatic N) is 1. The maximum Gasteiger partial charge on any atom is 0.495 e. The molecule has 1 atom stereocenters. The molecule has 0 amide bonds. The molecule has 39 heavy (non-hydrogen) atoms. The van der Waals surface area contributed by atoms with Crippen LogP contribution in [0, 0.1) is 6.92 Å². The third kappa shape index (κ3) is 10.1. The number of nitrogens with one attached hydrogen (secondary N) is 1. The van der Waals surface area contributed by atoms with Gasteiger partial charge in [-0.25, -0.2) is 27.8 Å². The van der Waals surface area contributed by atoms with Crippen LogP contribution in [0.25, 0.3) is 0 Å². The van der Waals surface area contributed by atoms with Gasteiger partial charge in [-0.05, 0) is 47.8 Å². The lowest BCUT2D eigenvalue weighted by molar-refractivity contribution is -0.286. The second-order valence-corrected chi connectivity index (χ2v) is 9.79. The summed E-state index contributed by atoms with van der Waals surface area (Å²) in [6, 6.07) is 8.39. The number of carbonyl (C=O) groups excluding carboxylic acids is 2. The summed E-state index contributed by atoms with van der Waals surface area (Å²) >= 11 is 6.02. The highest BCUT2D eigenvalue weighted by Gasteiger charge is 2.43. The second kappa shape index (κ2) is 13.9. The minimum absolute atomic E-state index is 0.164. The molecule has 0 saturated heterocycles. The Bertz CT molecular complexity index is 1270. The van der Waals surface area contributed by atoms with E-state index >= 15 is 0 Å². The first-order chi connectivity index (χ1) is 18.2. The largest absolute Gasteiger partial charge is 0.495 e. The molecule has 2 aromatic rings. The first-order valence-corrected chi connectivity index (χ1v) is 12.8. The molecule has 17 heteroatoms. The summed E-state index contributed by atoms with van der Waals surface area (Å²) in [6.07, 6.45) is -5.42. The SMILES string of the molecule is Cc1cccc(Cl)c1S(=O)(=O)N[C@@H](Cc1ccc(OCCCON=C(N)N)cc1)C(=O)OOC(=O)C(F)(F)F. The lowest BCUT2D eigenvalue weighted by Crippen LogP contribution is -2.44. The molecule has 0 heterocycles. The normalized spacial score (nSPS) is 12.2. The standard InChI is InChI=1S/C22H24ClF3N4O8S/c1-13-4-2-5-16(23)18(13)39(33,34)30-17(19(31)37-38-20(32)22(24,25)26)12-14-6-8-15(9-7-14)35-10-3-11-36-29-21(27)28/h2,4-9,17,30H,3,10-12H2,1H3,(H4,27,28,29)/t17-/m0/s1. The van der Waals surface area contributed by atoms with Crippen molar-refractivity contribution in [3.05, 3.63) is 58.6 Å². The van der Waals surface area contributed by atoms with Crippen molar-refractivity contribution in [3.63, 3.8) is 0 Å². The fourth-order valence-electron chi connectivity index (χ4n) is 2.95. The van der Waals surface area contributed by atoms with Crippen LogP contribution < -0.4 is 20.9 Å². The number of hydrogen-bond donors (Lipinski definition) is 3. The fourth-order valence-corrected chi connectivity index (χ4v) is 4.97. The van der Waals surface area contributed by atoms with E-state index in [-0.39, 0.29) is 34.7 Å². The molecule has 0 aliphatic rings. The number of rotatable bonds is 12. The van der Waals surface area contributed by atoms with Crippen LogP contribution in [0.5, 0.6) is 5.75 Å². The number of hydrogen-bond acceptors (Lipinski definition) is 9. The van der Waals surface area contributed by atoms with Gasteiger partial charge in [0.15, 0.2) is 0 Å². The minimum Gasteiger partial charge on any atom is -0.493 e. The van der Waals surface area contributed by atoms with Crippen LogP contribution in [0.2, 0.25) is 5.02 Å². The maximum absolute atomic E-state index is 13.0. The van der Waals surface area contributed by atoms with Crippen molar-refractivity contribution < 1.29 is 50.5 Å². The second-order valence-electron chi connectivity index (χ2n) is 7.73. The Kier molecular flexibility index (Phi) is 11.2. The molecular formula is C22H24ClF3N4O8S. The van der Waals surface area contributed by atoms with Crippen molar-refractivity contribution in [2.45, 2.75) is 36.9 Å². The molecule has 0 bridgehead atoms. The number of benzene rings is 2. The summed E-state index contributed by atoms with van der Waals surface area (Å²) in [6.45, 7) is 1.87. The maximum atomic E-state index is 13.0. The Hall–Kier alpha value is -3.76. The number of oxime groups is 1. The van der Waals surface area contributed by atoms with Gasteiger partial charge in [-0.15, -0.1) is 0 Å².